The Morgan fingerprint density at radius 3 is 2.62 bits per heavy atom. The third-order valence-corrected chi connectivity index (χ3v) is 5.40. The summed E-state index contributed by atoms with van der Waals surface area (Å²) in [5, 5.41) is 0. The van der Waals surface area contributed by atoms with Crippen molar-refractivity contribution >= 4 is 11.2 Å². The predicted molar refractivity (Wildman–Crippen MR) is 106 cm³/mol. The van der Waals surface area contributed by atoms with E-state index in [2.05, 4.69) is 9.97 Å². The maximum atomic E-state index is 14.3. The number of quaternary nitrogens is 1. The maximum absolute atomic E-state index is 14.3. The molecule has 0 bridgehead atoms. The second kappa shape index (κ2) is 7.57. The quantitative estimate of drug-likeness (QED) is 0.633. The first-order valence-corrected chi connectivity index (χ1v) is 9.74. The second-order valence-corrected chi connectivity index (χ2v) is 7.79. The zero-order chi connectivity index (χ0) is 20.7. The molecule has 154 valence electrons. The largest absolute Gasteiger partial charge is 0.364 e. The van der Waals surface area contributed by atoms with Gasteiger partial charge in [0.05, 0.1) is 6.54 Å². The van der Waals surface area contributed by atoms with E-state index in [9.17, 15) is 14.0 Å². The number of aromatic nitrogens is 4. The lowest BCUT2D eigenvalue weighted by Crippen LogP contribution is -3.14. The molecule has 1 aliphatic rings. The highest BCUT2D eigenvalue weighted by Gasteiger charge is 2.28. The number of rotatable bonds is 4. The van der Waals surface area contributed by atoms with Crippen LogP contribution in [0.4, 0.5) is 4.39 Å². The van der Waals surface area contributed by atoms with Crippen LogP contribution in [-0.2, 0) is 24.9 Å². The summed E-state index contributed by atoms with van der Waals surface area (Å²) in [7, 11) is 1.57. The van der Waals surface area contributed by atoms with Gasteiger partial charge in [0.15, 0.2) is 17.0 Å². The molecule has 0 spiro atoms. The minimum Gasteiger partial charge on any atom is -0.364 e. The van der Waals surface area contributed by atoms with Gasteiger partial charge in [-0.1, -0.05) is 18.2 Å². The summed E-state index contributed by atoms with van der Waals surface area (Å²) in [5.74, 6) is 0.300. The van der Waals surface area contributed by atoms with E-state index in [-0.39, 0.29) is 30.1 Å². The van der Waals surface area contributed by atoms with E-state index < -0.39 is 11.2 Å². The summed E-state index contributed by atoms with van der Waals surface area (Å²) in [6, 6.07) is 6.47. The average Bonchev–Trinajstić information content (AvgIpc) is 2.99. The number of imidazole rings is 1. The van der Waals surface area contributed by atoms with Crippen molar-refractivity contribution < 1.29 is 14.0 Å². The fourth-order valence-electron chi connectivity index (χ4n) is 4.14. The Kier molecular flexibility index (Phi) is 5.10. The first-order chi connectivity index (χ1) is 13.8. The number of hydrogen-bond acceptors (Lipinski definition) is 4. The van der Waals surface area contributed by atoms with Crippen molar-refractivity contribution in [2.45, 2.75) is 39.1 Å². The molecule has 29 heavy (non-hydrogen) atoms. The Balaban J connectivity index is 1.83. The number of aryl methyl sites for hydroxylation is 1. The van der Waals surface area contributed by atoms with Gasteiger partial charge in [-0.2, -0.15) is 0 Å². The molecule has 4 rings (SSSR count). The SMILES string of the molecule is C[C@H]1C[NH+](Cc2nc3c(c(=O)[nH]c(=O)n3C)n2Cc2ccccc2F)C[C@H](C)O1. The van der Waals surface area contributed by atoms with Gasteiger partial charge in [0.2, 0.25) is 0 Å². The van der Waals surface area contributed by atoms with Gasteiger partial charge in [0.1, 0.15) is 37.7 Å². The molecular formula is C20H25FN5O3+. The normalized spacial score (nSPS) is 22.3. The molecule has 2 N–H and O–H groups in total. The van der Waals surface area contributed by atoms with E-state index in [0.29, 0.717) is 23.6 Å². The Hall–Kier alpha value is -2.78. The Bertz CT molecular complexity index is 1160. The number of nitrogens with one attached hydrogen (secondary N) is 2. The van der Waals surface area contributed by atoms with Gasteiger partial charge in [-0.05, 0) is 19.9 Å². The number of nitrogens with zero attached hydrogens (tertiary/aromatic N) is 3. The van der Waals surface area contributed by atoms with Crippen molar-refractivity contribution in [2.24, 2.45) is 7.05 Å². The molecule has 0 unspecified atom stereocenters. The van der Waals surface area contributed by atoms with E-state index in [1.807, 2.05) is 13.8 Å². The molecule has 9 heteroatoms. The third-order valence-electron chi connectivity index (χ3n) is 5.40. The van der Waals surface area contributed by atoms with Gasteiger partial charge >= 0.3 is 5.69 Å². The summed E-state index contributed by atoms with van der Waals surface area (Å²) in [5.41, 5.74) is 0.000398. The van der Waals surface area contributed by atoms with E-state index in [1.165, 1.54) is 15.5 Å². The Labute approximate surface area is 166 Å². The molecule has 8 nitrogen and oxygen atoms in total. The summed E-state index contributed by atoms with van der Waals surface area (Å²) >= 11 is 0. The molecule has 0 amide bonds. The molecule has 3 heterocycles. The van der Waals surface area contributed by atoms with Crippen molar-refractivity contribution in [1.82, 2.24) is 19.1 Å². The predicted octanol–water partition coefficient (Wildman–Crippen LogP) is -0.197. The van der Waals surface area contributed by atoms with Crippen LogP contribution >= 0.6 is 0 Å². The van der Waals surface area contributed by atoms with E-state index in [1.54, 1.807) is 29.8 Å². The van der Waals surface area contributed by atoms with Crippen LogP contribution in [0.15, 0.2) is 33.9 Å². The minimum atomic E-state index is -0.523. The highest BCUT2D eigenvalue weighted by Crippen LogP contribution is 2.16. The molecule has 2 atom stereocenters. The number of morpholine rings is 1. The van der Waals surface area contributed by atoms with Crippen molar-refractivity contribution in [2.75, 3.05) is 13.1 Å². The summed E-state index contributed by atoms with van der Waals surface area (Å²) < 4.78 is 23.2. The highest BCUT2D eigenvalue weighted by atomic mass is 19.1. The van der Waals surface area contributed by atoms with Crippen molar-refractivity contribution in [1.29, 1.82) is 0 Å². The van der Waals surface area contributed by atoms with E-state index >= 15 is 0 Å². The van der Waals surface area contributed by atoms with E-state index in [4.69, 9.17) is 4.74 Å². The first-order valence-electron chi connectivity index (χ1n) is 9.74. The molecule has 1 aliphatic heterocycles. The fraction of sp³-hybridized carbons (Fsp3) is 0.450. The smallest absolute Gasteiger partial charge is 0.329 e. The molecule has 1 saturated heterocycles. The van der Waals surface area contributed by atoms with Crippen LogP contribution in [0, 0.1) is 5.82 Å². The van der Waals surface area contributed by atoms with Crippen LogP contribution in [0.1, 0.15) is 25.2 Å². The Morgan fingerprint density at radius 2 is 1.93 bits per heavy atom. The van der Waals surface area contributed by atoms with Crippen molar-refractivity contribution in [3.63, 3.8) is 0 Å². The van der Waals surface area contributed by atoms with Crippen LogP contribution in [0.25, 0.3) is 11.2 Å². The third kappa shape index (κ3) is 3.75. The summed E-state index contributed by atoms with van der Waals surface area (Å²) in [6.45, 7) is 6.40. The molecule has 0 saturated carbocycles. The first kappa shape index (κ1) is 19.5. The fourth-order valence-corrected chi connectivity index (χ4v) is 4.14. The van der Waals surface area contributed by atoms with Gasteiger partial charge in [-0.3, -0.25) is 14.3 Å². The lowest BCUT2D eigenvalue weighted by atomic mass is 10.2. The van der Waals surface area contributed by atoms with Gasteiger partial charge in [0.25, 0.3) is 5.56 Å². The number of benzene rings is 1. The molecule has 3 aromatic rings. The summed E-state index contributed by atoms with van der Waals surface area (Å²) in [4.78, 5) is 32.9. The standard InChI is InChI=1S/C20H24FN5O3/c1-12-8-25(9-13(2)29-12)11-16-22-18-17(19(27)23-20(28)24(18)3)26(16)10-14-6-4-5-7-15(14)21/h4-7,12-13H,8-11H2,1-3H3,(H,23,27,28)/p+1/t12-,13-/m0/s1. The molecule has 2 aromatic heterocycles. The minimum absolute atomic E-state index is 0.117. The highest BCUT2D eigenvalue weighted by molar-refractivity contribution is 5.71. The van der Waals surface area contributed by atoms with Crippen LogP contribution in [0.2, 0.25) is 0 Å². The zero-order valence-electron chi connectivity index (χ0n) is 16.7. The molecule has 1 aromatic carbocycles. The number of H-pyrrole nitrogens is 1. The van der Waals surface area contributed by atoms with Gasteiger partial charge in [-0.25, -0.2) is 14.2 Å². The average molecular weight is 402 g/mol. The molecule has 1 fully saturated rings. The molecule has 0 aliphatic carbocycles. The lowest BCUT2D eigenvalue weighted by Gasteiger charge is -2.32. The van der Waals surface area contributed by atoms with Gasteiger partial charge in [0, 0.05) is 12.6 Å². The van der Waals surface area contributed by atoms with Crippen LogP contribution in [-0.4, -0.2) is 44.4 Å². The number of fused-ring (bicyclic) bond motifs is 1. The zero-order valence-corrected chi connectivity index (χ0v) is 16.7. The number of halogens is 1. The Morgan fingerprint density at radius 1 is 1.24 bits per heavy atom. The number of ether oxygens (including phenoxy) is 1. The van der Waals surface area contributed by atoms with Crippen LogP contribution in [0.5, 0.6) is 0 Å². The van der Waals surface area contributed by atoms with Crippen molar-refractivity contribution in [3.05, 3.63) is 62.3 Å². The number of hydrogen-bond donors (Lipinski definition) is 2. The van der Waals surface area contributed by atoms with Gasteiger partial charge < -0.3 is 14.2 Å². The lowest BCUT2D eigenvalue weighted by molar-refractivity contribution is -0.929. The van der Waals surface area contributed by atoms with Crippen LogP contribution < -0.4 is 16.1 Å². The molecule has 0 radical (unpaired) electrons. The van der Waals surface area contributed by atoms with E-state index in [0.717, 1.165) is 13.1 Å². The number of aromatic amines is 1. The molecular weight excluding hydrogens is 377 g/mol. The van der Waals surface area contributed by atoms with Crippen LogP contribution in [0.3, 0.4) is 0 Å². The maximum Gasteiger partial charge on any atom is 0.329 e. The monoisotopic (exact) mass is 402 g/mol. The van der Waals surface area contributed by atoms with Gasteiger partial charge in [-0.15, -0.1) is 0 Å². The summed E-state index contributed by atoms with van der Waals surface area (Å²) in [6.07, 6.45) is 0.233. The topological polar surface area (TPSA) is 86.4 Å². The van der Waals surface area contributed by atoms with Crippen molar-refractivity contribution in [3.8, 4) is 0 Å². The second-order valence-electron chi connectivity index (χ2n) is 7.79.